The second kappa shape index (κ2) is 7.18. The molecule has 0 aliphatic rings. The molecule has 0 spiro atoms. The van der Waals surface area contributed by atoms with Crippen LogP contribution in [0.3, 0.4) is 0 Å². The first-order valence-corrected chi connectivity index (χ1v) is 6.73. The summed E-state index contributed by atoms with van der Waals surface area (Å²) in [6.45, 7) is 12.3. The summed E-state index contributed by atoms with van der Waals surface area (Å²) in [5.41, 5.74) is 1.03. The quantitative estimate of drug-likeness (QED) is 0.525. The largest absolute Gasteiger partial charge is 0.235 e. The highest BCUT2D eigenvalue weighted by Crippen LogP contribution is 2.24. The van der Waals surface area contributed by atoms with Gasteiger partial charge in [0.05, 0.1) is 10.1 Å². The van der Waals surface area contributed by atoms with Gasteiger partial charge in [-0.05, 0) is 25.7 Å². The minimum atomic E-state index is 0.568. The van der Waals surface area contributed by atoms with Crippen molar-refractivity contribution in [1.82, 2.24) is 0 Å². The van der Waals surface area contributed by atoms with Crippen molar-refractivity contribution in [2.24, 2.45) is 4.99 Å². The summed E-state index contributed by atoms with van der Waals surface area (Å²) in [7, 11) is 0. The zero-order valence-electron chi connectivity index (χ0n) is 9.63. The molecule has 0 saturated carbocycles. The van der Waals surface area contributed by atoms with Crippen molar-refractivity contribution < 1.29 is 0 Å². The van der Waals surface area contributed by atoms with Crippen molar-refractivity contribution in [2.75, 3.05) is 6.26 Å². The van der Waals surface area contributed by atoms with E-state index in [0.717, 1.165) is 15.6 Å². The molecule has 0 heterocycles. The van der Waals surface area contributed by atoms with Crippen LogP contribution in [0.4, 0.5) is 0 Å². The topological polar surface area (TPSA) is 12.4 Å². The summed E-state index contributed by atoms with van der Waals surface area (Å²) in [5, 5.41) is 2.66. The van der Waals surface area contributed by atoms with Gasteiger partial charge in [-0.3, -0.25) is 0 Å². The zero-order valence-corrected chi connectivity index (χ0v) is 11.3. The highest BCUT2D eigenvalue weighted by Gasteiger charge is 2.02. The predicted molar refractivity (Wildman–Crippen MR) is 72.2 cm³/mol. The Morgan fingerprint density at radius 2 is 2.00 bits per heavy atom. The lowest BCUT2D eigenvalue weighted by molar-refractivity contribution is 1.12. The Labute approximate surface area is 96.2 Å². The molecule has 1 nitrogen and oxygen atoms in total. The fourth-order valence-corrected chi connectivity index (χ4v) is 2.17. The van der Waals surface area contributed by atoms with Gasteiger partial charge >= 0.3 is 0 Å². The second-order valence-electron chi connectivity index (χ2n) is 3.19. The van der Waals surface area contributed by atoms with E-state index in [0.29, 0.717) is 5.25 Å². The number of hydrogen-bond acceptors (Lipinski definition) is 3. The summed E-state index contributed by atoms with van der Waals surface area (Å²) < 4.78 is 0. The molecule has 80 valence electrons. The maximum absolute atomic E-state index is 4.56. The summed E-state index contributed by atoms with van der Waals surface area (Å²) >= 11 is 3.42. The molecule has 0 N–H and O–H groups in total. The molecule has 0 amide bonds. The summed E-state index contributed by atoms with van der Waals surface area (Å²) in [5.74, 6) is 0. The zero-order chi connectivity index (χ0) is 11.1. The van der Waals surface area contributed by atoms with Crippen molar-refractivity contribution in [2.45, 2.75) is 32.9 Å². The van der Waals surface area contributed by atoms with Gasteiger partial charge in [-0.15, -0.1) is 23.5 Å². The average molecular weight is 229 g/mol. The first kappa shape index (κ1) is 13.8. The van der Waals surface area contributed by atoms with Gasteiger partial charge in [0.1, 0.15) is 0 Å². The van der Waals surface area contributed by atoms with Crippen molar-refractivity contribution in [3.8, 4) is 0 Å². The summed E-state index contributed by atoms with van der Waals surface area (Å²) in [6.07, 6.45) is 4.07. The lowest BCUT2D eigenvalue weighted by atomic mass is 10.4. The van der Waals surface area contributed by atoms with E-state index in [-0.39, 0.29) is 0 Å². The Kier molecular flexibility index (Phi) is 7.11. The normalized spacial score (nSPS) is 13.6. The van der Waals surface area contributed by atoms with Crippen LogP contribution in [0.5, 0.6) is 0 Å². The fraction of sp³-hybridized carbons (Fsp3) is 0.545. The predicted octanol–water partition coefficient (Wildman–Crippen LogP) is 4.33. The van der Waals surface area contributed by atoms with Crippen molar-refractivity contribution in [3.63, 3.8) is 0 Å². The maximum Gasteiger partial charge on any atom is 0.0993 e. The van der Waals surface area contributed by atoms with E-state index in [1.54, 1.807) is 23.5 Å². The lowest BCUT2D eigenvalue weighted by Gasteiger charge is -2.07. The van der Waals surface area contributed by atoms with E-state index in [4.69, 9.17) is 0 Å². The molecule has 0 aromatic rings. The van der Waals surface area contributed by atoms with Crippen molar-refractivity contribution in [1.29, 1.82) is 0 Å². The summed E-state index contributed by atoms with van der Waals surface area (Å²) in [4.78, 5) is 4.56. The van der Waals surface area contributed by atoms with Crippen LogP contribution >= 0.6 is 23.5 Å². The Morgan fingerprint density at radius 3 is 2.29 bits per heavy atom. The van der Waals surface area contributed by atoms with Crippen LogP contribution in [-0.2, 0) is 0 Å². The standard InChI is InChI=1S/C11H19NS2/c1-7-10(14-9(4)5)12-11(13-6)8(2)3/h7,9H,2H2,1,3-6H3/b10-7+,12-11?. The molecule has 0 unspecified atom stereocenters. The molecule has 0 radical (unpaired) electrons. The van der Waals surface area contributed by atoms with Crippen LogP contribution in [0, 0.1) is 0 Å². The third-order valence-corrected chi connectivity index (χ3v) is 3.24. The van der Waals surface area contributed by atoms with Gasteiger partial charge in [0, 0.05) is 5.25 Å². The maximum atomic E-state index is 4.56. The van der Waals surface area contributed by atoms with Gasteiger partial charge < -0.3 is 0 Å². The molecule has 0 bridgehead atoms. The van der Waals surface area contributed by atoms with E-state index >= 15 is 0 Å². The number of nitrogens with zero attached hydrogens (tertiary/aromatic N) is 1. The first-order chi connectivity index (χ1) is 6.51. The van der Waals surface area contributed by atoms with E-state index < -0.39 is 0 Å². The minimum absolute atomic E-state index is 0.568. The first-order valence-electron chi connectivity index (χ1n) is 4.62. The van der Waals surface area contributed by atoms with Gasteiger partial charge in [-0.1, -0.05) is 26.5 Å². The number of rotatable bonds is 4. The van der Waals surface area contributed by atoms with Crippen molar-refractivity contribution >= 4 is 28.6 Å². The van der Waals surface area contributed by atoms with Crippen LogP contribution in [-0.4, -0.2) is 16.5 Å². The number of allylic oxidation sites excluding steroid dienone is 1. The molecule has 0 rings (SSSR count). The molecule has 0 atom stereocenters. The molecule has 0 fully saturated rings. The highest BCUT2D eigenvalue weighted by atomic mass is 32.2. The van der Waals surface area contributed by atoms with Crippen LogP contribution in [0.25, 0.3) is 0 Å². The second-order valence-corrected chi connectivity index (χ2v) is 5.59. The minimum Gasteiger partial charge on any atom is -0.235 e. The fourth-order valence-electron chi connectivity index (χ4n) is 0.816. The van der Waals surface area contributed by atoms with Gasteiger partial charge in [0.25, 0.3) is 0 Å². The number of aliphatic imine (C=N–C) groups is 1. The number of thioether (sulfide) groups is 2. The Morgan fingerprint density at radius 1 is 1.43 bits per heavy atom. The van der Waals surface area contributed by atoms with Crippen LogP contribution < -0.4 is 0 Å². The molecular weight excluding hydrogens is 210 g/mol. The molecule has 0 aromatic heterocycles. The highest BCUT2D eigenvalue weighted by molar-refractivity contribution is 8.14. The van der Waals surface area contributed by atoms with Gasteiger partial charge in [0.2, 0.25) is 0 Å². The molecule has 0 aliphatic heterocycles. The molecule has 0 saturated heterocycles. The molecule has 0 aliphatic carbocycles. The van der Waals surface area contributed by atoms with E-state index in [1.165, 1.54) is 0 Å². The SMILES string of the molecule is C=C(C)C(=N/C(=C\C)SC(C)C)SC. The van der Waals surface area contributed by atoms with Crippen LogP contribution in [0.15, 0.2) is 28.2 Å². The lowest BCUT2D eigenvalue weighted by Crippen LogP contribution is -1.94. The van der Waals surface area contributed by atoms with Gasteiger partial charge in [-0.25, -0.2) is 4.99 Å². The van der Waals surface area contributed by atoms with E-state index in [1.807, 2.05) is 26.2 Å². The third kappa shape index (κ3) is 5.55. The molecule has 3 heteroatoms. The van der Waals surface area contributed by atoms with Gasteiger partial charge in [0.15, 0.2) is 0 Å². The Bertz CT molecular complexity index is 252. The molecule has 14 heavy (non-hydrogen) atoms. The van der Waals surface area contributed by atoms with Crippen LogP contribution in [0.2, 0.25) is 0 Å². The molecular formula is C11H19NS2. The summed E-state index contributed by atoms with van der Waals surface area (Å²) in [6, 6.07) is 0. The monoisotopic (exact) mass is 229 g/mol. The number of hydrogen-bond donors (Lipinski definition) is 0. The van der Waals surface area contributed by atoms with Crippen LogP contribution in [0.1, 0.15) is 27.7 Å². The van der Waals surface area contributed by atoms with E-state index in [9.17, 15) is 0 Å². The van der Waals surface area contributed by atoms with Crippen molar-refractivity contribution in [3.05, 3.63) is 23.3 Å². The van der Waals surface area contributed by atoms with E-state index in [2.05, 4.69) is 25.4 Å². The van der Waals surface area contributed by atoms with Gasteiger partial charge in [-0.2, -0.15) is 0 Å². The third-order valence-electron chi connectivity index (χ3n) is 1.37. The average Bonchev–Trinajstić information content (AvgIpc) is 2.10. The Hall–Kier alpha value is -0.150. The Balaban J connectivity index is 4.64. The smallest absolute Gasteiger partial charge is 0.0993 e. The molecule has 0 aromatic carbocycles.